The van der Waals surface area contributed by atoms with Crippen LogP contribution in [0.4, 0.5) is 0 Å². The largest absolute Gasteiger partial charge is 0.469 e. The first-order valence-electron chi connectivity index (χ1n) is 9.84. The van der Waals surface area contributed by atoms with Crippen LogP contribution in [0.25, 0.3) is 0 Å². The van der Waals surface area contributed by atoms with Crippen LogP contribution in [-0.2, 0) is 14.3 Å². The number of esters is 1. The molecule has 1 unspecified atom stereocenters. The van der Waals surface area contributed by atoms with Gasteiger partial charge >= 0.3 is 5.97 Å². The lowest BCUT2D eigenvalue weighted by Gasteiger charge is -2.56. The summed E-state index contributed by atoms with van der Waals surface area (Å²) in [4.78, 5) is 27.4. The van der Waals surface area contributed by atoms with Crippen molar-refractivity contribution < 1.29 is 14.3 Å². The first-order chi connectivity index (χ1) is 11.5. The van der Waals surface area contributed by atoms with Crippen LogP contribution in [0.2, 0.25) is 0 Å². The molecule has 24 heavy (non-hydrogen) atoms. The van der Waals surface area contributed by atoms with E-state index in [1.165, 1.54) is 26.4 Å². The highest BCUT2D eigenvalue weighted by atomic mass is 16.5. The average Bonchev–Trinajstić information content (AvgIpc) is 2.55. The molecule has 0 saturated heterocycles. The van der Waals surface area contributed by atoms with Crippen LogP contribution >= 0.6 is 0 Å². The van der Waals surface area contributed by atoms with E-state index < -0.39 is 0 Å². The zero-order valence-electron chi connectivity index (χ0n) is 15.6. The number of rotatable bonds is 7. The van der Waals surface area contributed by atoms with Gasteiger partial charge in [0.15, 0.2) is 0 Å². The number of ether oxygens (including phenoxy) is 1. The van der Waals surface area contributed by atoms with Crippen molar-refractivity contribution in [1.29, 1.82) is 0 Å². The number of nitrogens with zero attached hydrogens (tertiary/aromatic N) is 1. The molecule has 4 heteroatoms. The summed E-state index contributed by atoms with van der Waals surface area (Å²) in [5.41, 5.74) is -0.113. The Morgan fingerprint density at radius 2 is 1.67 bits per heavy atom. The predicted octanol–water partition coefficient (Wildman–Crippen LogP) is 3.64. The first kappa shape index (κ1) is 17.8. The Balaban J connectivity index is 1.74. The molecule has 4 rings (SSSR count). The highest BCUT2D eigenvalue weighted by molar-refractivity contribution is 5.84. The van der Waals surface area contributed by atoms with Crippen LogP contribution in [0, 0.1) is 29.1 Å². The van der Waals surface area contributed by atoms with E-state index in [1.807, 2.05) is 11.8 Å². The van der Waals surface area contributed by atoms with Gasteiger partial charge in [0.2, 0.25) is 5.91 Å². The van der Waals surface area contributed by atoms with Crippen molar-refractivity contribution in [2.24, 2.45) is 29.1 Å². The second-order valence-electron chi connectivity index (χ2n) is 8.73. The van der Waals surface area contributed by atoms with Crippen molar-refractivity contribution in [2.45, 2.75) is 65.2 Å². The number of amides is 1. The number of carbonyl (C=O) groups excluding carboxylic acids is 2. The smallest absolute Gasteiger partial charge is 0.310 e. The van der Waals surface area contributed by atoms with Crippen LogP contribution in [0.1, 0.15) is 65.2 Å². The Hall–Kier alpha value is -1.06. The van der Waals surface area contributed by atoms with Gasteiger partial charge in [0.1, 0.15) is 0 Å². The predicted molar refractivity (Wildman–Crippen MR) is 93.3 cm³/mol. The molecule has 0 aromatic carbocycles. The molecular formula is C20H33NO3. The van der Waals surface area contributed by atoms with Gasteiger partial charge in [-0.1, -0.05) is 20.3 Å². The molecule has 136 valence electrons. The lowest BCUT2D eigenvalue weighted by molar-refractivity contribution is -0.159. The summed E-state index contributed by atoms with van der Waals surface area (Å²) in [6, 6.07) is 0. The molecule has 1 atom stereocenters. The molecule has 0 radical (unpaired) electrons. The van der Waals surface area contributed by atoms with Crippen LogP contribution in [0.15, 0.2) is 0 Å². The van der Waals surface area contributed by atoms with Gasteiger partial charge in [-0.3, -0.25) is 9.59 Å². The summed E-state index contributed by atoms with van der Waals surface area (Å²) in [6.07, 6.45) is 9.39. The summed E-state index contributed by atoms with van der Waals surface area (Å²) < 4.78 is 4.87. The number of methoxy groups -OCH3 is 1. The fraction of sp³-hybridized carbons (Fsp3) is 0.900. The summed E-state index contributed by atoms with van der Waals surface area (Å²) >= 11 is 0. The van der Waals surface area contributed by atoms with E-state index in [2.05, 4.69) is 6.92 Å². The van der Waals surface area contributed by atoms with Gasteiger partial charge in [-0.15, -0.1) is 0 Å². The zero-order valence-corrected chi connectivity index (χ0v) is 15.6. The van der Waals surface area contributed by atoms with E-state index in [0.29, 0.717) is 12.5 Å². The number of hydrogen-bond acceptors (Lipinski definition) is 3. The second kappa shape index (κ2) is 7.05. The van der Waals surface area contributed by atoms with Crippen molar-refractivity contribution in [3.8, 4) is 0 Å². The van der Waals surface area contributed by atoms with E-state index in [1.54, 1.807) is 0 Å². The third kappa shape index (κ3) is 3.34. The SMILES string of the molecule is CCCCN(CC(C)C(=O)OC)C(=O)C12CC3CC(CC(C3)C1)C2. The highest BCUT2D eigenvalue weighted by Crippen LogP contribution is 2.60. The van der Waals surface area contributed by atoms with Crippen LogP contribution < -0.4 is 0 Å². The van der Waals surface area contributed by atoms with Gasteiger partial charge in [0, 0.05) is 13.1 Å². The minimum absolute atomic E-state index is 0.113. The fourth-order valence-corrected chi connectivity index (χ4v) is 5.94. The van der Waals surface area contributed by atoms with Gasteiger partial charge < -0.3 is 9.64 Å². The molecule has 4 bridgehead atoms. The molecule has 4 fully saturated rings. The topological polar surface area (TPSA) is 46.6 Å². The third-order valence-corrected chi connectivity index (χ3v) is 6.66. The highest BCUT2D eigenvalue weighted by Gasteiger charge is 2.55. The van der Waals surface area contributed by atoms with Gasteiger partial charge in [-0.2, -0.15) is 0 Å². The Bertz CT molecular complexity index is 452. The van der Waals surface area contributed by atoms with Crippen LogP contribution in [0.5, 0.6) is 0 Å². The first-order valence-corrected chi connectivity index (χ1v) is 9.84. The maximum absolute atomic E-state index is 13.5. The summed E-state index contributed by atoms with van der Waals surface area (Å²) in [5, 5.41) is 0. The maximum atomic E-state index is 13.5. The normalized spacial score (nSPS) is 34.9. The van der Waals surface area contributed by atoms with E-state index in [9.17, 15) is 9.59 Å². The van der Waals surface area contributed by atoms with Crippen molar-refractivity contribution >= 4 is 11.9 Å². The van der Waals surface area contributed by atoms with Crippen molar-refractivity contribution in [2.75, 3.05) is 20.2 Å². The number of carbonyl (C=O) groups is 2. The summed E-state index contributed by atoms with van der Waals surface area (Å²) in [7, 11) is 1.43. The molecule has 0 N–H and O–H groups in total. The molecule has 0 heterocycles. The number of unbranched alkanes of at least 4 members (excludes halogenated alkanes) is 1. The van der Waals surface area contributed by atoms with E-state index in [4.69, 9.17) is 4.74 Å². The molecule has 0 aliphatic heterocycles. The molecular weight excluding hydrogens is 302 g/mol. The van der Waals surface area contributed by atoms with Crippen molar-refractivity contribution in [3.05, 3.63) is 0 Å². The zero-order chi connectivity index (χ0) is 17.3. The molecule has 4 saturated carbocycles. The minimum Gasteiger partial charge on any atom is -0.469 e. The molecule has 0 aromatic rings. The monoisotopic (exact) mass is 335 g/mol. The van der Waals surface area contributed by atoms with Gasteiger partial charge in [0.25, 0.3) is 0 Å². The lowest BCUT2D eigenvalue weighted by Crippen LogP contribution is -2.55. The fourth-order valence-electron chi connectivity index (χ4n) is 5.94. The van der Waals surface area contributed by atoms with E-state index >= 15 is 0 Å². The third-order valence-electron chi connectivity index (χ3n) is 6.66. The lowest BCUT2D eigenvalue weighted by atomic mass is 9.49. The van der Waals surface area contributed by atoms with Crippen molar-refractivity contribution in [3.63, 3.8) is 0 Å². The molecule has 4 aliphatic rings. The minimum atomic E-state index is -0.246. The summed E-state index contributed by atoms with van der Waals surface area (Å²) in [6.45, 7) is 5.31. The van der Waals surface area contributed by atoms with Gasteiger partial charge in [0.05, 0.1) is 18.4 Å². The van der Waals surface area contributed by atoms with Crippen LogP contribution in [0.3, 0.4) is 0 Å². The van der Waals surface area contributed by atoms with Gasteiger partial charge in [-0.05, 0) is 62.7 Å². The molecule has 1 amide bonds. The standard InChI is InChI=1S/C20H33NO3/c1-4-5-6-21(13-14(2)18(22)24-3)19(23)20-10-15-7-16(11-20)9-17(8-15)12-20/h14-17H,4-13H2,1-3H3. The maximum Gasteiger partial charge on any atom is 0.310 e. The second-order valence-corrected chi connectivity index (χ2v) is 8.73. The molecule has 0 spiro atoms. The molecule has 0 aromatic heterocycles. The number of hydrogen-bond donors (Lipinski definition) is 0. The quantitative estimate of drug-likeness (QED) is 0.667. The van der Waals surface area contributed by atoms with Gasteiger partial charge in [-0.25, -0.2) is 0 Å². The van der Waals surface area contributed by atoms with Crippen LogP contribution in [-0.4, -0.2) is 37.0 Å². The molecule has 4 aliphatic carbocycles. The average molecular weight is 335 g/mol. The Morgan fingerprint density at radius 1 is 1.12 bits per heavy atom. The Morgan fingerprint density at radius 3 is 2.12 bits per heavy atom. The van der Waals surface area contributed by atoms with E-state index in [-0.39, 0.29) is 17.3 Å². The van der Waals surface area contributed by atoms with Crippen molar-refractivity contribution in [1.82, 2.24) is 4.90 Å². The summed E-state index contributed by atoms with van der Waals surface area (Å²) in [5.74, 6) is 2.19. The Labute approximate surface area is 146 Å². The molecule has 4 nitrogen and oxygen atoms in total. The van der Waals surface area contributed by atoms with E-state index in [0.717, 1.165) is 56.4 Å². The Kier molecular flexibility index (Phi) is 5.22.